The predicted octanol–water partition coefficient (Wildman–Crippen LogP) is 2.59. The van der Waals surface area contributed by atoms with Gasteiger partial charge >= 0.3 is 0 Å². The lowest BCUT2D eigenvalue weighted by Crippen LogP contribution is -2.40. The molecule has 7 nitrogen and oxygen atoms in total. The summed E-state index contributed by atoms with van der Waals surface area (Å²) in [6.07, 6.45) is 0.213. The number of amides is 2. The maximum Gasteiger partial charge on any atom is 0.265 e. The van der Waals surface area contributed by atoms with E-state index in [1.165, 1.54) is 0 Å². The highest BCUT2D eigenvalue weighted by Gasteiger charge is 2.25. The number of aryl methyl sites for hydroxylation is 1. The van der Waals surface area contributed by atoms with Crippen LogP contribution in [0.15, 0.2) is 42.5 Å². The Bertz CT molecular complexity index is 891. The number of hydrogen-bond donors (Lipinski definition) is 1. The largest absolute Gasteiger partial charge is 0.482 e. The molecule has 7 heteroatoms. The average Bonchev–Trinajstić information content (AvgIpc) is 2.74. The van der Waals surface area contributed by atoms with E-state index in [9.17, 15) is 9.59 Å². The van der Waals surface area contributed by atoms with E-state index in [1.807, 2.05) is 49.4 Å². The van der Waals surface area contributed by atoms with Crippen LogP contribution in [0.2, 0.25) is 0 Å². The van der Waals surface area contributed by atoms with Gasteiger partial charge in [-0.3, -0.25) is 9.59 Å². The zero-order valence-corrected chi connectivity index (χ0v) is 16.5. The molecule has 0 unspecified atom stereocenters. The van der Waals surface area contributed by atoms with Crippen molar-refractivity contribution in [1.29, 1.82) is 0 Å². The second-order valence-electron chi connectivity index (χ2n) is 7.25. The van der Waals surface area contributed by atoms with Crippen molar-refractivity contribution in [1.82, 2.24) is 0 Å². The zero-order valence-electron chi connectivity index (χ0n) is 16.5. The van der Waals surface area contributed by atoms with E-state index >= 15 is 0 Å². The lowest BCUT2D eigenvalue weighted by molar-refractivity contribution is -0.121. The van der Waals surface area contributed by atoms with Gasteiger partial charge in [-0.25, -0.2) is 0 Å². The average molecular weight is 395 g/mol. The summed E-state index contributed by atoms with van der Waals surface area (Å²) in [5, 5.41) is 2.91. The summed E-state index contributed by atoms with van der Waals surface area (Å²) in [7, 11) is 0. The van der Waals surface area contributed by atoms with Gasteiger partial charge in [0.2, 0.25) is 5.91 Å². The van der Waals surface area contributed by atoms with Gasteiger partial charge < -0.3 is 24.6 Å². The minimum absolute atomic E-state index is 0.000677. The Kier molecular flexibility index (Phi) is 5.67. The molecule has 1 saturated heterocycles. The summed E-state index contributed by atoms with van der Waals surface area (Å²) in [4.78, 5) is 28.6. The third-order valence-electron chi connectivity index (χ3n) is 5.15. The van der Waals surface area contributed by atoms with Gasteiger partial charge in [-0.15, -0.1) is 0 Å². The van der Waals surface area contributed by atoms with E-state index in [1.54, 1.807) is 4.90 Å². The molecular formula is C22H25N3O4. The quantitative estimate of drug-likeness (QED) is 0.843. The fourth-order valence-corrected chi connectivity index (χ4v) is 3.57. The van der Waals surface area contributed by atoms with Crippen LogP contribution in [0.1, 0.15) is 12.0 Å². The Morgan fingerprint density at radius 3 is 2.62 bits per heavy atom. The smallest absolute Gasteiger partial charge is 0.265 e. The first-order chi connectivity index (χ1) is 14.1. The van der Waals surface area contributed by atoms with Crippen molar-refractivity contribution in [2.24, 2.45) is 0 Å². The molecule has 2 amide bonds. The first-order valence-corrected chi connectivity index (χ1v) is 9.86. The molecule has 0 spiro atoms. The Morgan fingerprint density at radius 2 is 1.86 bits per heavy atom. The van der Waals surface area contributed by atoms with E-state index < -0.39 is 0 Å². The van der Waals surface area contributed by atoms with Crippen LogP contribution in [0.4, 0.5) is 17.1 Å². The van der Waals surface area contributed by atoms with Crippen LogP contribution in [-0.2, 0) is 14.3 Å². The summed E-state index contributed by atoms with van der Waals surface area (Å²) in [6, 6.07) is 13.5. The Labute approximate surface area is 170 Å². The maximum absolute atomic E-state index is 12.4. The minimum atomic E-state index is -0.134. The van der Waals surface area contributed by atoms with Crippen molar-refractivity contribution in [3.63, 3.8) is 0 Å². The molecule has 0 aliphatic carbocycles. The van der Waals surface area contributed by atoms with Gasteiger partial charge in [-0.05, 0) is 48.9 Å². The number of anilines is 3. The Hall–Kier alpha value is -3.06. The Morgan fingerprint density at radius 1 is 1.10 bits per heavy atom. The lowest BCUT2D eigenvalue weighted by Gasteiger charge is -2.29. The normalized spacial score (nSPS) is 16.2. The van der Waals surface area contributed by atoms with E-state index in [0.29, 0.717) is 12.3 Å². The summed E-state index contributed by atoms with van der Waals surface area (Å²) < 4.78 is 10.9. The van der Waals surface area contributed by atoms with E-state index in [4.69, 9.17) is 9.47 Å². The predicted molar refractivity (Wildman–Crippen MR) is 112 cm³/mol. The number of carbonyl (C=O) groups is 2. The van der Waals surface area contributed by atoms with E-state index in [0.717, 1.165) is 48.9 Å². The highest BCUT2D eigenvalue weighted by molar-refractivity contribution is 5.99. The second-order valence-corrected chi connectivity index (χ2v) is 7.25. The number of hydrogen-bond acceptors (Lipinski definition) is 5. The fraction of sp³-hybridized carbons (Fsp3) is 0.364. The summed E-state index contributed by atoms with van der Waals surface area (Å²) in [6.45, 7) is 5.51. The number of benzene rings is 2. The van der Waals surface area contributed by atoms with Gasteiger partial charge in [0.1, 0.15) is 5.75 Å². The van der Waals surface area contributed by atoms with Gasteiger partial charge in [0.25, 0.3) is 5.91 Å². The molecule has 2 aromatic rings. The number of nitrogens with zero attached hydrogens (tertiary/aromatic N) is 2. The zero-order chi connectivity index (χ0) is 20.2. The highest BCUT2D eigenvalue weighted by Crippen LogP contribution is 2.32. The molecule has 4 rings (SSSR count). The van der Waals surface area contributed by atoms with Gasteiger partial charge in [-0.1, -0.05) is 6.07 Å². The topological polar surface area (TPSA) is 71.1 Å². The fourth-order valence-electron chi connectivity index (χ4n) is 3.57. The summed E-state index contributed by atoms with van der Waals surface area (Å²) in [5.41, 5.74) is 3.63. The molecule has 2 heterocycles. The molecular weight excluding hydrogens is 370 g/mol. The molecule has 152 valence electrons. The first kappa shape index (κ1) is 19.3. The maximum atomic E-state index is 12.4. The van der Waals surface area contributed by atoms with Crippen LogP contribution >= 0.6 is 0 Å². The highest BCUT2D eigenvalue weighted by atomic mass is 16.5. The van der Waals surface area contributed by atoms with E-state index in [-0.39, 0.29) is 24.8 Å². The number of carbonyl (C=O) groups excluding carboxylic acids is 2. The van der Waals surface area contributed by atoms with Crippen molar-refractivity contribution < 1.29 is 19.1 Å². The monoisotopic (exact) mass is 395 g/mol. The van der Waals surface area contributed by atoms with Crippen molar-refractivity contribution in [3.05, 3.63) is 48.0 Å². The molecule has 2 aliphatic heterocycles. The Balaban J connectivity index is 1.34. The van der Waals surface area contributed by atoms with Crippen molar-refractivity contribution >= 4 is 28.9 Å². The third-order valence-corrected chi connectivity index (χ3v) is 5.15. The van der Waals surface area contributed by atoms with Gasteiger partial charge in [-0.2, -0.15) is 0 Å². The van der Waals surface area contributed by atoms with Crippen molar-refractivity contribution in [2.45, 2.75) is 13.3 Å². The number of morpholine rings is 1. The first-order valence-electron chi connectivity index (χ1n) is 9.86. The standard InChI is InChI=1S/C22H25N3O4/c1-16-2-7-20-19(14-16)25(22(27)15-29-20)9-8-21(26)23-17-3-5-18(6-4-17)24-10-12-28-13-11-24/h2-7,14H,8-13,15H2,1H3,(H,23,26). The van der Waals surface area contributed by atoms with Crippen LogP contribution in [-0.4, -0.2) is 51.3 Å². The van der Waals surface area contributed by atoms with Crippen LogP contribution in [0.5, 0.6) is 5.75 Å². The van der Waals surface area contributed by atoms with Crippen molar-refractivity contribution in [2.75, 3.05) is 54.6 Å². The molecule has 1 fully saturated rings. The SMILES string of the molecule is Cc1ccc2c(c1)N(CCC(=O)Nc1ccc(N3CCOCC3)cc1)C(=O)CO2. The number of fused-ring (bicyclic) bond motifs is 1. The molecule has 2 aliphatic rings. The van der Waals surface area contributed by atoms with Gasteiger partial charge in [0.05, 0.1) is 18.9 Å². The molecule has 0 saturated carbocycles. The number of rotatable bonds is 5. The van der Waals surface area contributed by atoms with Gasteiger partial charge in [0.15, 0.2) is 6.61 Å². The molecule has 29 heavy (non-hydrogen) atoms. The lowest BCUT2D eigenvalue weighted by atomic mass is 10.1. The molecule has 2 aromatic carbocycles. The van der Waals surface area contributed by atoms with Gasteiger partial charge in [0, 0.05) is 37.4 Å². The second kappa shape index (κ2) is 8.53. The van der Waals surface area contributed by atoms with Crippen molar-refractivity contribution in [3.8, 4) is 5.75 Å². The number of ether oxygens (including phenoxy) is 2. The summed E-state index contributed by atoms with van der Waals surface area (Å²) >= 11 is 0. The molecule has 0 aromatic heterocycles. The summed E-state index contributed by atoms with van der Waals surface area (Å²) in [5.74, 6) is 0.415. The third kappa shape index (κ3) is 4.51. The molecule has 0 atom stereocenters. The molecule has 1 N–H and O–H groups in total. The minimum Gasteiger partial charge on any atom is -0.482 e. The molecule has 0 radical (unpaired) electrons. The van der Waals surface area contributed by atoms with Crippen LogP contribution < -0.4 is 19.9 Å². The molecule has 0 bridgehead atoms. The van der Waals surface area contributed by atoms with Crippen LogP contribution in [0.3, 0.4) is 0 Å². The number of nitrogens with one attached hydrogen (secondary N) is 1. The van der Waals surface area contributed by atoms with Crippen LogP contribution in [0.25, 0.3) is 0 Å². The van der Waals surface area contributed by atoms with E-state index in [2.05, 4.69) is 10.2 Å². The van der Waals surface area contributed by atoms with Crippen LogP contribution in [0, 0.1) is 6.92 Å².